The Morgan fingerprint density at radius 1 is 1.00 bits per heavy atom. The predicted molar refractivity (Wildman–Crippen MR) is 77.1 cm³/mol. The minimum atomic E-state index is 0.608. The second-order valence-electron chi connectivity index (χ2n) is 4.19. The average molecular weight is 255 g/mol. The SMILES string of the molecule is CN(N)/C=C(\N)c1ccc(Oc2ccccc2)cc1. The predicted octanol–water partition coefficient (Wildman–Crippen LogP) is 2.54. The van der Waals surface area contributed by atoms with E-state index in [9.17, 15) is 0 Å². The lowest BCUT2D eigenvalue weighted by Gasteiger charge is -2.09. The van der Waals surface area contributed by atoms with Gasteiger partial charge in [0.2, 0.25) is 0 Å². The molecular weight excluding hydrogens is 238 g/mol. The molecule has 0 aliphatic carbocycles. The maximum absolute atomic E-state index is 5.90. The fraction of sp³-hybridized carbons (Fsp3) is 0.0667. The molecule has 0 atom stereocenters. The van der Waals surface area contributed by atoms with Crippen molar-refractivity contribution >= 4 is 5.70 Å². The Morgan fingerprint density at radius 3 is 2.16 bits per heavy atom. The van der Waals surface area contributed by atoms with E-state index in [1.54, 1.807) is 13.2 Å². The molecule has 98 valence electrons. The van der Waals surface area contributed by atoms with Gasteiger partial charge in [0.1, 0.15) is 11.5 Å². The van der Waals surface area contributed by atoms with Gasteiger partial charge in [0.05, 0.1) is 5.70 Å². The molecule has 0 aliphatic rings. The minimum Gasteiger partial charge on any atom is -0.457 e. The monoisotopic (exact) mass is 255 g/mol. The number of hydrazine groups is 1. The highest BCUT2D eigenvalue weighted by Gasteiger charge is 2.00. The quantitative estimate of drug-likeness (QED) is 0.651. The van der Waals surface area contributed by atoms with Gasteiger partial charge in [-0.05, 0) is 42.0 Å². The summed E-state index contributed by atoms with van der Waals surface area (Å²) in [4.78, 5) is 0. The van der Waals surface area contributed by atoms with Crippen LogP contribution in [0.25, 0.3) is 5.70 Å². The van der Waals surface area contributed by atoms with Crippen LogP contribution in [0.2, 0.25) is 0 Å². The normalized spacial score (nSPS) is 11.2. The Bertz CT molecular complexity index is 547. The smallest absolute Gasteiger partial charge is 0.127 e. The minimum absolute atomic E-state index is 0.608. The van der Waals surface area contributed by atoms with E-state index in [0.717, 1.165) is 17.1 Å². The molecule has 0 saturated carbocycles. The van der Waals surface area contributed by atoms with Crippen molar-refractivity contribution in [2.75, 3.05) is 7.05 Å². The molecule has 0 unspecified atom stereocenters. The van der Waals surface area contributed by atoms with E-state index in [0.29, 0.717) is 5.70 Å². The van der Waals surface area contributed by atoms with Gasteiger partial charge in [0, 0.05) is 13.2 Å². The summed E-state index contributed by atoms with van der Waals surface area (Å²) >= 11 is 0. The first kappa shape index (κ1) is 13.0. The number of hydrogen-bond donors (Lipinski definition) is 2. The Hall–Kier alpha value is -2.46. The number of ether oxygens (including phenoxy) is 1. The van der Waals surface area contributed by atoms with E-state index in [2.05, 4.69) is 0 Å². The van der Waals surface area contributed by atoms with Crippen molar-refractivity contribution in [1.29, 1.82) is 0 Å². The molecule has 2 aromatic rings. The maximum atomic E-state index is 5.90. The van der Waals surface area contributed by atoms with Gasteiger partial charge in [0.15, 0.2) is 0 Å². The molecule has 0 radical (unpaired) electrons. The molecule has 0 heterocycles. The van der Waals surface area contributed by atoms with Crippen molar-refractivity contribution in [2.45, 2.75) is 0 Å². The summed E-state index contributed by atoms with van der Waals surface area (Å²) < 4.78 is 5.70. The van der Waals surface area contributed by atoms with Crippen LogP contribution in [0.5, 0.6) is 11.5 Å². The summed E-state index contributed by atoms with van der Waals surface area (Å²) in [5, 5.41) is 1.42. The Kier molecular flexibility index (Phi) is 4.05. The van der Waals surface area contributed by atoms with Gasteiger partial charge < -0.3 is 15.5 Å². The average Bonchev–Trinajstić information content (AvgIpc) is 2.40. The number of rotatable bonds is 4. The van der Waals surface area contributed by atoms with Crippen LogP contribution in [-0.2, 0) is 0 Å². The highest BCUT2D eigenvalue weighted by Crippen LogP contribution is 2.22. The van der Waals surface area contributed by atoms with Crippen molar-refractivity contribution in [3.8, 4) is 11.5 Å². The molecule has 0 spiro atoms. The Balaban J connectivity index is 2.11. The molecule has 2 aromatic carbocycles. The Labute approximate surface area is 112 Å². The third kappa shape index (κ3) is 3.76. The van der Waals surface area contributed by atoms with Crippen LogP contribution in [0.4, 0.5) is 0 Å². The highest BCUT2D eigenvalue weighted by molar-refractivity contribution is 5.62. The van der Waals surface area contributed by atoms with Gasteiger partial charge >= 0.3 is 0 Å². The maximum Gasteiger partial charge on any atom is 0.127 e. The number of para-hydroxylation sites is 1. The molecule has 0 fully saturated rings. The van der Waals surface area contributed by atoms with E-state index in [1.165, 1.54) is 5.01 Å². The van der Waals surface area contributed by atoms with Gasteiger partial charge in [-0.3, -0.25) is 0 Å². The van der Waals surface area contributed by atoms with Crippen molar-refractivity contribution in [2.24, 2.45) is 11.6 Å². The van der Waals surface area contributed by atoms with Crippen molar-refractivity contribution in [1.82, 2.24) is 5.01 Å². The van der Waals surface area contributed by atoms with E-state index in [-0.39, 0.29) is 0 Å². The van der Waals surface area contributed by atoms with Crippen LogP contribution in [0.3, 0.4) is 0 Å². The lowest BCUT2D eigenvalue weighted by atomic mass is 10.1. The van der Waals surface area contributed by atoms with Gasteiger partial charge in [-0.2, -0.15) is 0 Å². The van der Waals surface area contributed by atoms with Crippen molar-refractivity contribution in [3.63, 3.8) is 0 Å². The topological polar surface area (TPSA) is 64.5 Å². The van der Waals surface area contributed by atoms with Crippen LogP contribution in [0.1, 0.15) is 5.56 Å². The first-order valence-corrected chi connectivity index (χ1v) is 5.93. The van der Waals surface area contributed by atoms with Crippen LogP contribution in [-0.4, -0.2) is 12.1 Å². The molecular formula is C15H17N3O. The lowest BCUT2D eigenvalue weighted by Crippen LogP contribution is -2.20. The first-order valence-electron chi connectivity index (χ1n) is 5.93. The second-order valence-corrected chi connectivity index (χ2v) is 4.19. The summed E-state index contributed by atoms with van der Waals surface area (Å²) in [5.74, 6) is 7.09. The van der Waals surface area contributed by atoms with E-state index >= 15 is 0 Å². The summed E-state index contributed by atoms with van der Waals surface area (Å²) in [7, 11) is 1.72. The zero-order chi connectivity index (χ0) is 13.7. The van der Waals surface area contributed by atoms with Gasteiger partial charge in [-0.15, -0.1) is 0 Å². The molecule has 0 amide bonds. The first-order chi connectivity index (χ1) is 9.15. The zero-order valence-corrected chi connectivity index (χ0v) is 10.8. The summed E-state index contributed by atoms with van der Waals surface area (Å²) in [6, 6.07) is 17.2. The molecule has 4 N–H and O–H groups in total. The van der Waals surface area contributed by atoms with Crippen molar-refractivity contribution < 1.29 is 4.74 Å². The number of benzene rings is 2. The molecule has 4 heteroatoms. The van der Waals surface area contributed by atoms with Crippen LogP contribution >= 0.6 is 0 Å². The molecule has 0 saturated heterocycles. The number of hydrogen-bond acceptors (Lipinski definition) is 4. The van der Waals surface area contributed by atoms with Gasteiger partial charge in [-0.25, -0.2) is 5.84 Å². The van der Waals surface area contributed by atoms with Gasteiger partial charge in [-0.1, -0.05) is 18.2 Å². The number of nitrogens with zero attached hydrogens (tertiary/aromatic N) is 1. The third-order valence-corrected chi connectivity index (χ3v) is 2.51. The largest absolute Gasteiger partial charge is 0.457 e. The van der Waals surface area contributed by atoms with E-state index in [1.807, 2.05) is 54.6 Å². The summed E-state index contributed by atoms with van der Waals surface area (Å²) in [6.07, 6.45) is 1.66. The van der Waals surface area contributed by atoms with Crippen LogP contribution in [0, 0.1) is 0 Å². The summed E-state index contributed by atoms with van der Waals surface area (Å²) in [6.45, 7) is 0. The lowest BCUT2D eigenvalue weighted by molar-refractivity contribution is 0.482. The molecule has 0 bridgehead atoms. The fourth-order valence-corrected chi connectivity index (χ4v) is 1.63. The van der Waals surface area contributed by atoms with E-state index < -0.39 is 0 Å². The molecule has 19 heavy (non-hydrogen) atoms. The third-order valence-electron chi connectivity index (χ3n) is 2.51. The number of nitrogens with two attached hydrogens (primary N) is 2. The van der Waals surface area contributed by atoms with Crippen molar-refractivity contribution in [3.05, 3.63) is 66.4 Å². The van der Waals surface area contributed by atoms with E-state index in [4.69, 9.17) is 16.3 Å². The van der Waals surface area contributed by atoms with Crippen LogP contribution in [0.15, 0.2) is 60.8 Å². The second kappa shape index (κ2) is 5.93. The fourth-order valence-electron chi connectivity index (χ4n) is 1.63. The molecule has 4 nitrogen and oxygen atoms in total. The molecule has 0 aromatic heterocycles. The van der Waals surface area contributed by atoms with Gasteiger partial charge in [0.25, 0.3) is 0 Å². The molecule has 0 aliphatic heterocycles. The van der Waals surface area contributed by atoms with Crippen LogP contribution < -0.4 is 16.3 Å². The molecule has 2 rings (SSSR count). The highest BCUT2D eigenvalue weighted by atomic mass is 16.5. The standard InChI is InChI=1S/C15H17N3O/c1-18(17)11-15(16)12-7-9-14(10-8-12)19-13-5-3-2-4-6-13/h2-11H,16-17H2,1H3/b15-11-. The zero-order valence-electron chi connectivity index (χ0n) is 10.8. The summed E-state index contributed by atoms with van der Waals surface area (Å²) in [5.41, 5.74) is 7.41. The Morgan fingerprint density at radius 2 is 1.58 bits per heavy atom.